The van der Waals surface area contributed by atoms with Crippen LogP contribution in [0.1, 0.15) is 53.4 Å². The quantitative estimate of drug-likeness (QED) is 0.598. The fourth-order valence-corrected chi connectivity index (χ4v) is 7.39. The van der Waals surface area contributed by atoms with Gasteiger partial charge in [0.2, 0.25) is 15.9 Å². The highest BCUT2D eigenvalue weighted by molar-refractivity contribution is 7.89. The summed E-state index contributed by atoms with van der Waals surface area (Å²) >= 11 is 1.27. The molecule has 0 saturated carbocycles. The lowest BCUT2D eigenvalue weighted by molar-refractivity contribution is -0.119. The normalized spacial score (nSPS) is 18.1. The fourth-order valence-electron chi connectivity index (χ4n) is 4.44. The number of hydrogen-bond acceptors (Lipinski definition) is 7. The summed E-state index contributed by atoms with van der Waals surface area (Å²) in [7, 11) is -4.02. The van der Waals surface area contributed by atoms with Crippen LogP contribution in [0.5, 0.6) is 0 Å². The zero-order valence-electron chi connectivity index (χ0n) is 19.1. The minimum atomic E-state index is -4.02. The third-order valence-corrected chi connectivity index (χ3v) is 9.18. The molecule has 1 aliphatic carbocycles. The van der Waals surface area contributed by atoms with Crippen molar-refractivity contribution in [3.8, 4) is 0 Å². The van der Waals surface area contributed by atoms with Crippen LogP contribution in [0, 0.1) is 5.82 Å². The molecule has 1 fully saturated rings. The van der Waals surface area contributed by atoms with E-state index in [0.717, 1.165) is 46.1 Å². The smallest absolute Gasteiger partial charge is 0.414 e. The van der Waals surface area contributed by atoms with Crippen molar-refractivity contribution in [1.82, 2.24) is 9.62 Å². The molecule has 2 aliphatic rings. The number of sulfonamides is 1. The van der Waals surface area contributed by atoms with E-state index in [1.165, 1.54) is 23.5 Å². The Morgan fingerprint density at radius 1 is 1.14 bits per heavy atom. The average Bonchev–Trinajstić information content (AvgIpc) is 3.45. The largest absolute Gasteiger partial charge is 0.450 e. The number of carbonyl (C=O) groups excluding carboxylic acids is 3. The number of thiophene rings is 1. The minimum Gasteiger partial charge on any atom is -0.450 e. The molecular formula is C23H26FN3O6S2. The van der Waals surface area contributed by atoms with Crippen molar-refractivity contribution in [3.63, 3.8) is 0 Å². The van der Waals surface area contributed by atoms with Crippen LogP contribution in [-0.4, -0.2) is 49.8 Å². The molecule has 9 nitrogen and oxygen atoms in total. The number of amides is 3. The molecule has 4 rings (SSSR count). The Morgan fingerprint density at radius 3 is 2.57 bits per heavy atom. The SMILES string of the molecule is CCOC(=O)NC(=O)c1c(NC(=O)C2CCCN2S(=O)(=O)c2ccc(F)cc2)sc2c1CCCC2. The van der Waals surface area contributed by atoms with Crippen LogP contribution >= 0.6 is 11.3 Å². The summed E-state index contributed by atoms with van der Waals surface area (Å²) in [6, 6.07) is 3.47. The lowest BCUT2D eigenvalue weighted by Crippen LogP contribution is -2.43. The number of fused-ring (bicyclic) bond motifs is 1. The number of aryl methyl sites for hydroxylation is 1. The molecule has 12 heteroatoms. The van der Waals surface area contributed by atoms with Gasteiger partial charge in [0.05, 0.1) is 17.1 Å². The summed E-state index contributed by atoms with van der Waals surface area (Å²) in [4.78, 5) is 38.9. The summed E-state index contributed by atoms with van der Waals surface area (Å²) in [5.41, 5.74) is 1.01. The monoisotopic (exact) mass is 523 g/mol. The van der Waals surface area contributed by atoms with E-state index in [2.05, 4.69) is 10.6 Å². The molecular weight excluding hydrogens is 497 g/mol. The molecule has 1 aromatic carbocycles. The maximum Gasteiger partial charge on any atom is 0.414 e. The van der Waals surface area contributed by atoms with Crippen molar-refractivity contribution in [1.29, 1.82) is 0 Å². The predicted molar refractivity (Wildman–Crippen MR) is 127 cm³/mol. The molecule has 2 N–H and O–H groups in total. The lowest BCUT2D eigenvalue weighted by Gasteiger charge is -2.23. The highest BCUT2D eigenvalue weighted by Crippen LogP contribution is 2.39. The first-order valence-electron chi connectivity index (χ1n) is 11.4. The molecule has 1 atom stereocenters. The number of nitrogens with one attached hydrogen (secondary N) is 2. The van der Waals surface area contributed by atoms with Crippen LogP contribution in [0.3, 0.4) is 0 Å². The van der Waals surface area contributed by atoms with Gasteiger partial charge < -0.3 is 10.1 Å². The molecule has 1 unspecified atom stereocenters. The van der Waals surface area contributed by atoms with Gasteiger partial charge in [0.15, 0.2) is 0 Å². The Balaban J connectivity index is 1.59. The third-order valence-electron chi connectivity index (χ3n) is 6.05. The number of rotatable bonds is 6. The van der Waals surface area contributed by atoms with E-state index in [0.29, 0.717) is 19.3 Å². The Bertz CT molecular complexity index is 1240. The number of anilines is 1. The van der Waals surface area contributed by atoms with Crippen LogP contribution < -0.4 is 10.6 Å². The molecule has 0 bridgehead atoms. The van der Waals surface area contributed by atoms with E-state index in [1.54, 1.807) is 6.92 Å². The summed E-state index contributed by atoms with van der Waals surface area (Å²) in [5.74, 6) is -1.78. The van der Waals surface area contributed by atoms with E-state index in [1.807, 2.05) is 0 Å². The highest BCUT2D eigenvalue weighted by Gasteiger charge is 2.40. The van der Waals surface area contributed by atoms with Gasteiger partial charge in [0.25, 0.3) is 5.91 Å². The summed E-state index contributed by atoms with van der Waals surface area (Å²) in [6.07, 6.45) is 3.14. The van der Waals surface area contributed by atoms with Gasteiger partial charge in [0, 0.05) is 11.4 Å². The summed E-state index contributed by atoms with van der Waals surface area (Å²) in [5, 5.41) is 5.24. The Hall–Kier alpha value is -2.83. The van der Waals surface area contributed by atoms with Crippen LogP contribution in [0.25, 0.3) is 0 Å². The number of benzene rings is 1. The van der Waals surface area contributed by atoms with E-state index in [-0.39, 0.29) is 28.6 Å². The van der Waals surface area contributed by atoms with Gasteiger partial charge >= 0.3 is 6.09 Å². The molecule has 1 aromatic heterocycles. The van der Waals surface area contributed by atoms with E-state index in [4.69, 9.17) is 4.74 Å². The van der Waals surface area contributed by atoms with Gasteiger partial charge in [-0.1, -0.05) is 0 Å². The molecule has 1 saturated heterocycles. The number of halogens is 1. The van der Waals surface area contributed by atoms with Gasteiger partial charge in [0.1, 0.15) is 16.9 Å². The maximum absolute atomic E-state index is 13.3. The van der Waals surface area contributed by atoms with Gasteiger partial charge in [-0.3, -0.25) is 14.9 Å². The van der Waals surface area contributed by atoms with Crippen LogP contribution in [0.2, 0.25) is 0 Å². The summed E-state index contributed by atoms with van der Waals surface area (Å²) < 4.78 is 45.5. The topological polar surface area (TPSA) is 122 Å². The van der Waals surface area contributed by atoms with E-state index >= 15 is 0 Å². The molecule has 3 amide bonds. The number of imide groups is 1. The second kappa shape index (κ2) is 10.4. The van der Waals surface area contributed by atoms with E-state index < -0.39 is 39.8 Å². The zero-order chi connectivity index (χ0) is 25.2. The number of carbonyl (C=O) groups is 3. The maximum atomic E-state index is 13.3. The first-order valence-corrected chi connectivity index (χ1v) is 13.7. The van der Waals surface area contributed by atoms with E-state index in [9.17, 15) is 27.2 Å². The number of ether oxygens (including phenoxy) is 1. The molecule has 0 spiro atoms. The molecule has 35 heavy (non-hydrogen) atoms. The first kappa shape index (κ1) is 25.3. The highest BCUT2D eigenvalue weighted by atomic mass is 32.2. The fraction of sp³-hybridized carbons (Fsp3) is 0.435. The third kappa shape index (κ3) is 5.24. The summed E-state index contributed by atoms with van der Waals surface area (Å²) in [6.45, 7) is 1.87. The molecule has 0 radical (unpaired) electrons. The van der Waals surface area contributed by atoms with Gasteiger partial charge in [-0.05, 0) is 75.3 Å². The van der Waals surface area contributed by atoms with Crippen molar-refractivity contribution >= 4 is 44.3 Å². The standard InChI is InChI=1S/C23H26FN3O6S2/c1-2-33-23(30)26-21(29)19-16-6-3-4-8-18(16)34-22(19)25-20(28)17-7-5-13-27(17)35(31,32)15-11-9-14(24)10-12-15/h9-12,17H,2-8,13H2,1H3,(H,25,28)(H,26,29,30). The zero-order valence-corrected chi connectivity index (χ0v) is 20.8. The first-order chi connectivity index (χ1) is 16.7. The molecule has 2 aromatic rings. The number of hydrogen-bond donors (Lipinski definition) is 2. The van der Waals surface area contributed by atoms with Gasteiger partial charge in [-0.2, -0.15) is 4.31 Å². The van der Waals surface area contributed by atoms with Crippen molar-refractivity contribution in [3.05, 3.63) is 46.1 Å². The lowest BCUT2D eigenvalue weighted by atomic mass is 9.95. The molecule has 2 heterocycles. The Morgan fingerprint density at radius 2 is 1.86 bits per heavy atom. The van der Waals surface area contributed by atoms with Crippen molar-refractivity contribution in [2.45, 2.75) is 56.4 Å². The van der Waals surface area contributed by atoms with Crippen LogP contribution in [-0.2, 0) is 32.4 Å². The van der Waals surface area contributed by atoms with Crippen LogP contribution in [0.4, 0.5) is 14.2 Å². The Kier molecular flexibility index (Phi) is 7.53. The molecule has 188 valence electrons. The predicted octanol–water partition coefficient (Wildman–Crippen LogP) is 3.44. The van der Waals surface area contributed by atoms with Crippen LogP contribution in [0.15, 0.2) is 29.2 Å². The van der Waals surface area contributed by atoms with Gasteiger partial charge in [-0.25, -0.2) is 17.6 Å². The van der Waals surface area contributed by atoms with Crippen molar-refractivity contribution in [2.75, 3.05) is 18.5 Å². The number of nitrogens with zero attached hydrogens (tertiary/aromatic N) is 1. The average molecular weight is 524 g/mol. The van der Waals surface area contributed by atoms with Crippen molar-refractivity contribution < 1.29 is 31.9 Å². The van der Waals surface area contributed by atoms with Crippen molar-refractivity contribution in [2.24, 2.45) is 0 Å². The Labute approximate surface area is 206 Å². The number of alkyl carbamates (subject to hydrolysis) is 1. The molecule has 1 aliphatic heterocycles. The van der Waals surface area contributed by atoms with Gasteiger partial charge in [-0.15, -0.1) is 11.3 Å². The minimum absolute atomic E-state index is 0.0975. The second-order valence-electron chi connectivity index (χ2n) is 8.31. The second-order valence-corrected chi connectivity index (χ2v) is 11.3.